The van der Waals surface area contributed by atoms with Crippen molar-refractivity contribution in [2.24, 2.45) is 11.1 Å². The quantitative estimate of drug-likeness (QED) is 0.337. The molecule has 0 bridgehead atoms. The molecule has 1 aromatic rings. The number of nitrogens with zero attached hydrogens (tertiary/aromatic N) is 1. The van der Waals surface area contributed by atoms with Gasteiger partial charge >= 0.3 is 5.97 Å². The summed E-state index contributed by atoms with van der Waals surface area (Å²) in [6.07, 6.45) is 3.02. The van der Waals surface area contributed by atoms with E-state index >= 15 is 0 Å². The third kappa shape index (κ3) is 5.76. The molecular formula is C16H22ClNO3. The average molecular weight is 312 g/mol. The largest absolute Gasteiger partial charge is 0.466 e. The standard InChI is InChI=1S/C16H22ClNO3/c1-3-5-6-13(16(19)21-4-2)11-15(18-20)12-7-9-14(17)10-8-12/h7-10,13,20H,3-6,11H2,1-2H3/b18-15-. The number of hydrogen-bond donors (Lipinski definition) is 1. The van der Waals surface area contributed by atoms with E-state index < -0.39 is 0 Å². The molecule has 0 aliphatic rings. The van der Waals surface area contributed by atoms with Crippen LogP contribution in [-0.4, -0.2) is 23.5 Å². The van der Waals surface area contributed by atoms with E-state index in [0.717, 1.165) is 24.8 Å². The maximum absolute atomic E-state index is 12.0. The molecule has 1 N–H and O–H groups in total. The van der Waals surface area contributed by atoms with Crippen molar-refractivity contribution >= 4 is 23.3 Å². The lowest BCUT2D eigenvalue weighted by Gasteiger charge is -2.16. The van der Waals surface area contributed by atoms with Crippen molar-refractivity contribution in [2.75, 3.05) is 6.61 Å². The van der Waals surface area contributed by atoms with Gasteiger partial charge in [0.15, 0.2) is 0 Å². The predicted molar refractivity (Wildman–Crippen MR) is 84.0 cm³/mol. The first kappa shape index (κ1) is 17.5. The van der Waals surface area contributed by atoms with Crippen molar-refractivity contribution in [1.29, 1.82) is 0 Å². The van der Waals surface area contributed by atoms with Crippen LogP contribution >= 0.6 is 11.6 Å². The lowest BCUT2D eigenvalue weighted by atomic mass is 9.93. The van der Waals surface area contributed by atoms with Gasteiger partial charge in [-0.1, -0.05) is 48.7 Å². The molecule has 0 amide bonds. The Morgan fingerprint density at radius 1 is 1.33 bits per heavy atom. The van der Waals surface area contributed by atoms with Gasteiger partial charge in [-0.2, -0.15) is 0 Å². The first-order valence-corrected chi connectivity index (χ1v) is 7.63. The van der Waals surface area contributed by atoms with Crippen LogP contribution in [0.3, 0.4) is 0 Å². The first-order valence-electron chi connectivity index (χ1n) is 7.25. The number of benzene rings is 1. The van der Waals surface area contributed by atoms with Gasteiger partial charge in [-0.15, -0.1) is 0 Å². The predicted octanol–water partition coefficient (Wildman–Crippen LogP) is 4.28. The van der Waals surface area contributed by atoms with Gasteiger partial charge in [0.1, 0.15) is 0 Å². The van der Waals surface area contributed by atoms with Gasteiger partial charge in [-0.05, 0) is 31.0 Å². The van der Waals surface area contributed by atoms with Crippen molar-refractivity contribution in [1.82, 2.24) is 0 Å². The zero-order valence-corrected chi connectivity index (χ0v) is 13.3. The molecule has 0 fully saturated rings. The van der Waals surface area contributed by atoms with E-state index in [1.165, 1.54) is 0 Å². The van der Waals surface area contributed by atoms with Crippen LogP contribution < -0.4 is 0 Å². The summed E-state index contributed by atoms with van der Waals surface area (Å²) in [4.78, 5) is 12.0. The molecule has 0 heterocycles. The molecule has 4 nitrogen and oxygen atoms in total. The molecule has 0 saturated carbocycles. The Bertz CT molecular complexity index is 471. The molecule has 116 valence electrons. The fourth-order valence-corrected chi connectivity index (χ4v) is 2.23. The van der Waals surface area contributed by atoms with Crippen molar-refractivity contribution in [3.05, 3.63) is 34.9 Å². The monoisotopic (exact) mass is 311 g/mol. The number of carbonyl (C=O) groups excluding carboxylic acids is 1. The maximum Gasteiger partial charge on any atom is 0.309 e. The van der Waals surface area contributed by atoms with Crippen LogP contribution in [0.5, 0.6) is 0 Å². The van der Waals surface area contributed by atoms with Crippen LogP contribution in [0.4, 0.5) is 0 Å². The topological polar surface area (TPSA) is 58.9 Å². The van der Waals surface area contributed by atoms with Crippen molar-refractivity contribution in [3.8, 4) is 0 Å². The highest BCUT2D eigenvalue weighted by molar-refractivity contribution is 6.30. The van der Waals surface area contributed by atoms with Crippen molar-refractivity contribution < 1.29 is 14.7 Å². The summed E-state index contributed by atoms with van der Waals surface area (Å²) in [5.41, 5.74) is 1.23. The fraction of sp³-hybridized carbons (Fsp3) is 0.500. The second-order valence-corrected chi connectivity index (χ2v) is 5.29. The molecule has 0 saturated heterocycles. The second kappa shape index (κ2) is 9.40. The van der Waals surface area contributed by atoms with E-state index in [9.17, 15) is 10.0 Å². The fourth-order valence-electron chi connectivity index (χ4n) is 2.11. The second-order valence-electron chi connectivity index (χ2n) is 4.85. The van der Waals surface area contributed by atoms with Crippen molar-refractivity contribution in [3.63, 3.8) is 0 Å². The molecular weight excluding hydrogens is 290 g/mol. The minimum Gasteiger partial charge on any atom is -0.466 e. The highest BCUT2D eigenvalue weighted by Crippen LogP contribution is 2.20. The van der Waals surface area contributed by atoms with E-state index in [2.05, 4.69) is 12.1 Å². The SMILES string of the molecule is CCCCC(C/C(=N/O)c1ccc(Cl)cc1)C(=O)OCC. The van der Waals surface area contributed by atoms with Gasteiger partial charge in [0, 0.05) is 11.4 Å². The van der Waals surface area contributed by atoms with E-state index in [0.29, 0.717) is 23.8 Å². The molecule has 0 aromatic heterocycles. The Hall–Kier alpha value is -1.55. The minimum absolute atomic E-state index is 0.235. The molecule has 1 unspecified atom stereocenters. The Morgan fingerprint density at radius 3 is 2.52 bits per heavy atom. The van der Waals surface area contributed by atoms with Crippen LogP contribution in [0.1, 0.15) is 45.1 Å². The Kier molecular flexibility index (Phi) is 7.83. The van der Waals surface area contributed by atoms with E-state index in [4.69, 9.17) is 16.3 Å². The number of oxime groups is 1. The van der Waals surface area contributed by atoms with E-state index in [1.54, 1.807) is 31.2 Å². The van der Waals surface area contributed by atoms with E-state index in [-0.39, 0.29) is 11.9 Å². The molecule has 0 aliphatic carbocycles. The summed E-state index contributed by atoms with van der Waals surface area (Å²) in [6.45, 7) is 4.21. The molecule has 0 aliphatic heterocycles. The third-order valence-corrected chi connectivity index (χ3v) is 3.52. The van der Waals surface area contributed by atoms with Gasteiger partial charge in [0.2, 0.25) is 0 Å². The Labute approximate surface area is 130 Å². The summed E-state index contributed by atoms with van der Waals surface area (Å²) >= 11 is 5.85. The van der Waals surface area contributed by atoms with Gasteiger partial charge < -0.3 is 9.94 Å². The average Bonchev–Trinajstić information content (AvgIpc) is 2.49. The lowest BCUT2D eigenvalue weighted by Crippen LogP contribution is -2.21. The molecule has 21 heavy (non-hydrogen) atoms. The van der Waals surface area contributed by atoms with Gasteiger partial charge in [0.05, 0.1) is 18.2 Å². The number of hydrogen-bond acceptors (Lipinski definition) is 4. The lowest BCUT2D eigenvalue weighted by molar-refractivity contribution is -0.148. The van der Waals surface area contributed by atoms with Crippen molar-refractivity contribution in [2.45, 2.75) is 39.5 Å². The minimum atomic E-state index is -0.286. The van der Waals surface area contributed by atoms with Gasteiger partial charge in [-0.3, -0.25) is 4.79 Å². The number of halogens is 1. The molecule has 1 rings (SSSR count). The molecule has 0 radical (unpaired) electrons. The van der Waals surface area contributed by atoms with Crippen LogP contribution in [0.15, 0.2) is 29.4 Å². The summed E-state index contributed by atoms with van der Waals surface area (Å²) in [7, 11) is 0. The highest BCUT2D eigenvalue weighted by atomic mass is 35.5. The summed E-state index contributed by atoms with van der Waals surface area (Å²) < 4.78 is 5.10. The molecule has 1 aromatic carbocycles. The normalized spacial score (nSPS) is 13.0. The summed E-state index contributed by atoms with van der Waals surface area (Å²) in [6, 6.07) is 7.01. The Balaban J connectivity index is 2.83. The Morgan fingerprint density at radius 2 is 2.00 bits per heavy atom. The highest BCUT2D eigenvalue weighted by Gasteiger charge is 2.22. The van der Waals surface area contributed by atoms with Crippen LogP contribution in [-0.2, 0) is 9.53 Å². The summed E-state index contributed by atoms with van der Waals surface area (Å²) in [5.74, 6) is -0.521. The molecule has 1 atom stereocenters. The first-order chi connectivity index (χ1) is 10.1. The summed E-state index contributed by atoms with van der Waals surface area (Å²) in [5, 5.41) is 13.2. The number of ether oxygens (including phenoxy) is 1. The van der Waals surface area contributed by atoms with Crippen LogP contribution in [0.2, 0.25) is 5.02 Å². The maximum atomic E-state index is 12.0. The molecule has 0 spiro atoms. The smallest absolute Gasteiger partial charge is 0.309 e. The third-order valence-electron chi connectivity index (χ3n) is 3.26. The number of rotatable bonds is 8. The van der Waals surface area contributed by atoms with Gasteiger partial charge in [-0.25, -0.2) is 0 Å². The van der Waals surface area contributed by atoms with E-state index in [1.807, 2.05) is 0 Å². The van der Waals surface area contributed by atoms with Crippen LogP contribution in [0.25, 0.3) is 0 Å². The zero-order valence-electron chi connectivity index (χ0n) is 12.5. The molecule has 5 heteroatoms. The van der Waals surface area contributed by atoms with Gasteiger partial charge in [0.25, 0.3) is 0 Å². The number of carbonyl (C=O) groups is 1. The number of unbranched alkanes of at least 4 members (excludes halogenated alkanes) is 1. The van der Waals surface area contributed by atoms with Crippen LogP contribution in [0, 0.1) is 5.92 Å². The number of esters is 1. The zero-order chi connectivity index (χ0) is 15.7.